The van der Waals surface area contributed by atoms with Crippen LogP contribution >= 0.6 is 23.4 Å². The van der Waals surface area contributed by atoms with Crippen molar-refractivity contribution < 1.29 is 33.3 Å². The molecule has 10 heteroatoms. The molecule has 0 aliphatic carbocycles. The van der Waals surface area contributed by atoms with E-state index in [4.69, 9.17) is 30.5 Å². The molecule has 2 aliphatic heterocycles. The number of rotatable bonds is 6. The minimum Gasteiger partial charge on any atom is -0.493 e. The van der Waals surface area contributed by atoms with E-state index >= 15 is 0 Å². The van der Waals surface area contributed by atoms with Gasteiger partial charge in [-0.1, -0.05) is 35.4 Å². The third-order valence-corrected chi connectivity index (χ3v) is 6.94. The fourth-order valence-electron chi connectivity index (χ4n) is 3.83. The molecular formula is C27H20ClNO7S. The molecule has 2 aliphatic rings. The number of carbonyl (C=O) groups excluding carboxylic acids is 3. The lowest BCUT2D eigenvalue weighted by Gasteiger charge is -2.14. The van der Waals surface area contributed by atoms with Crippen molar-refractivity contribution >= 4 is 46.6 Å². The molecule has 0 bridgehead atoms. The van der Waals surface area contributed by atoms with Gasteiger partial charge in [0.15, 0.2) is 23.0 Å². The molecule has 0 atom stereocenters. The number of imide groups is 1. The number of carbonyl (C=O) groups is 3. The highest BCUT2D eigenvalue weighted by Crippen LogP contribution is 2.40. The molecule has 0 spiro atoms. The Morgan fingerprint density at radius 1 is 1.08 bits per heavy atom. The lowest BCUT2D eigenvalue weighted by atomic mass is 10.1. The first-order chi connectivity index (χ1) is 17.8. The Hall–Kier alpha value is -3.95. The average molecular weight is 538 g/mol. The first-order valence-electron chi connectivity index (χ1n) is 11.1. The third-order valence-electron chi connectivity index (χ3n) is 5.69. The van der Waals surface area contributed by atoms with E-state index in [0.29, 0.717) is 39.0 Å². The van der Waals surface area contributed by atoms with Gasteiger partial charge in [0, 0.05) is 11.1 Å². The number of halogens is 1. The Kier molecular flexibility index (Phi) is 6.82. The molecule has 188 valence electrons. The monoisotopic (exact) mass is 537 g/mol. The van der Waals surface area contributed by atoms with Crippen molar-refractivity contribution in [3.05, 3.63) is 86.8 Å². The van der Waals surface area contributed by atoms with Crippen LogP contribution in [0.1, 0.15) is 27.0 Å². The number of esters is 1. The number of methoxy groups -OCH3 is 1. The summed E-state index contributed by atoms with van der Waals surface area (Å²) in [4.78, 5) is 39.6. The summed E-state index contributed by atoms with van der Waals surface area (Å²) in [5, 5.41) is -0.0477. The van der Waals surface area contributed by atoms with Crippen LogP contribution in [0.5, 0.6) is 23.0 Å². The summed E-state index contributed by atoms with van der Waals surface area (Å²) in [5.74, 6) is 0.607. The van der Waals surface area contributed by atoms with Gasteiger partial charge < -0.3 is 18.9 Å². The van der Waals surface area contributed by atoms with Gasteiger partial charge in [-0.15, -0.1) is 0 Å². The van der Waals surface area contributed by atoms with Crippen LogP contribution in [0, 0.1) is 6.92 Å². The van der Waals surface area contributed by atoms with Crippen molar-refractivity contribution in [2.75, 3.05) is 13.9 Å². The Labute approximate surface area is 221 Å². The molecule has 0 aromatic heterocycles. The van der Waals surface area contributed by atoms with Crippen LogP contribution in [0.25, 0.3) is 6.08 Å². The molecule has 37 heavy (non-hydrogen) atoms. The molecule has 8 nitrogen and oxygen atoms in total. The average Bonchev–Trinajstić information content (AvgIpc) is 3.43. The Morgan fingerprint density at radius 3 is 2.62 bits per heavy atom. The normalized spacial score (nSPS) is 15.4. The standard InChI is InChI=1S/C27H20ClNO7S/c1-15-4-3-5-17(8-15)26(31)36-20-7-6-16(9-21(20)33-2)10-24-25(30)29(27(32)37-24)13-18-11-22-23(12-19(18)28)35-14-34-22/h3-12H,13-14H2,1-2H3/b24-10-. The van der Waals surface area contributed by atoms with E-state index in [1.165, 1.54) is 7.11 Å². The van der Waals surface area contributed by atoms with Crippen LogP contribution in [-0.2, 0) is 11.3 Å². The number of fused-ring (bicyclic) bond motifs is 1. The first kappa shape index (κ1) is 24.7. The maximum Gasteiger partial charge on any atom is 0.343 e. The van der Waals surface area contributed by atoms with Crippen LogP contribution in [-0.4, -0.2) is 35.9 Å². The summed E-state index contributed by atoms with van der Waals surface area (Å²) in [6, 6.07) is 15.2. The van der Waals surface area contributed by atoms with Crippen molar-refractivity contribution in [3.63, 3.8) is 0 Å². The summed E-state index contributed by atoms with van der Waals surface area (Å²) in [6.07, 6.45) is 1.58. The number of amides is 2. The van der Waals surface area contributed by atoms with Gasteiger partial charge in [0.25, 0.3) is 11.1 Å². The smallest absolute Gasteiger partial charge is 0.343 e. The maximum atomic E-state index is 13.0. The van der Waals surface area contributed by atoms with Crippen molar-refractivity contribution in [2.45, 2.75) is 13.5 Å². The summed E-state index contributed by atoms with van der Waals surface area (Å²) >= 11 is 7.15. The van der Waals surface area contributed by atoms with Crippen molar-refractivity contribution in [2.24, 2.45) is 0 Å². The Bertz CT molecular complexity index is 1470. The van der Waals surface area contributed by atoms with Crippen LogP contribution in [0.4, 0.5) is 4.79 Å². The molecule has 3 aromatic carbocycles. The van der Waals surface area contributed by atoms with Gasteiger partial charge in [-0.25, -0.2) is 4.79 Å². The topological polar surface area (TPSA) is 91.4 Å². The van der Waals surface area contributed by atoms with Gasteiger partial charge in [0.2, 0.25) is 6.79 Å². The maximum absolute atomic E-state index is 13.0. The van der Waals surface area contributed by atoms with Gasteiger partial charge in [-0.2, -0.15) is 0 Å². The van der Waals surface area contributed by atoms with Gasteiger partial charge in [-0.3, -0.25) is 14.5 Å². The third kappa shape index (κ3) is 5.14. The van der Waals surface area contributed by atoms with Gasteiger partial charge in [-0.05, 0) is 66.2 Å². The number of hydrogen-bond acceptors (Lipinski definition) is 8. The molecule has 3 aromatic rings. The van der Waals surface area contributed by atoms with E-state index in [1.807, 2.05) is 13.0 Å². The second-order valence-electron chi connectivity index (χ2n) is 8.23. The molecule has 0 radical (unpaired) electrons. The minimum atomic E-state index is -0.516. The van der Waals surface area contributed by atoms with E-state index in [9.17, 15) is 14.4 Å². The lowest BCUT2D eigenvalue weighted by molar-refractivity contribution is -0.123. The van der Waals surface area contributed by atoms with E-state index in [1.54, 1.807) is 54.6 Å². The van der Waals surface area contributed by atoms with Crippen LogP contribution in [0.2, 0.25) is 5.02 Å². The fraction of sp³-hybridized carbons (Fsp3) is 0.148. The highest BCUT2D eigenvalue weighted by molar-refractivity contribution is 8.18. The van der Waals surface area contributed by atoms with Gasteiger partial charge in [0.1, 0.15) is 0 Å². The molecule has 5 rings (SSSR count). The molecule has 2 heterocycles. The van der Waals surface area contributed by atoms with E-state index in [-0.39, 0.29) is 24.0 Å². The zero-order valence-electron chi connectivity index (χ0n) is 19.8. The predicted molar refractivity (Wildman–Crippen MR) is 138 cm³/mol. The number of ether oxygens (including phenoxy) is 4. The molecule has 0 saturated carbocycles. The van der Waals surface area contributed by atoms with Crippen molar-refractivity contribution in [1.82, 2.24) is 4.90 Å². The lowest BCUT2D eigenvalue weighted by Crippen LogP contribution is -2.27. The number of hydrogen-bond donors (Lipinski definition) is 0. The van der Waals surface area contributed by atoms with Crippen LogP contribution in [0.15, 0.2) is 59.5 Å². The quantitative estimate of drug-likeness (QED) is 0.220. The molecule has 0 N–H and O–H groups in total. The molecule has 1 saturated heterocycles. The first-order valence-corrected chi connectivity index (χ1v) is 12.3. The largest absolute Gasteiger partial charge is 0.493 e. The number of thioether (sulfide) groups is 1. The van der Waals surface area contributed by atoms with E-state index in [0.717, 1.165) is 22.2 Å². The second kappa shape index (κ2) is 10.2. The predicted octanol–water partition coefficient (Wildman–Crippen LogP) is 5.84. The summed E-state index contributed by atoms with van der Waals surface area (Å²) in [5.41, 5.74) is 2.52. The minimum absolute atomic E-state index is 0.00531. The summed E-state index contributed by atoms with van der Waals surface area (Å²) in [6.45, 7) is 1.97. The van der Waals surface area contributed by atoms with Crippen LogP contribution < -0.4 is 18.9 Å². The summed E-state index contributed by atoms with van der Waals surface area (Å²) in [7, 11) is 1.45. The Balaban J connectivity index is 1.33. The number of aryl methyl sites for hydroxylation is 1. The van der Waals surface area contributed by atoms with Gasteiger partial charge in [0.05, 0.1) is 24.1 Å². The van der Waals surface area contributed by atoms with Crippen molar-refractivity contribution in [1.29, 1.82) is 0 Å². The van der Waals surface area contributed by atoms with Gasteiger partial charge >= 0.3 is 5.97 Å². The number of nitrogens with zero attached hydrogens (tertiary/aromatic N) is 1. The zero-order chi connectivity index (χ0) is 26.1. The highest BCUT2D eigenvalue weighted by atomic mass is 35.5. The summed E-state index contributed by atoms with van der Waals surface area (Å²) < 4.78 is 21.6. The SMILES string of the molecule is COc1cc(/C=C2\SC(=O)N(Cc3cc4c(cc3Cl)OCO4)C2=O)ccc1OC(=O)c1cccc(C)c1. The second-order valence-corrected chi connectivity index (χ2v) is 9.63. The molecular weight excluding hydrogens is 518 g/mol. The van der Waals surface area contributed by atoms with Crippen molar-refractivity contribution in [3.8, 4) is 23.0 Å². The highest BCUT2D eigenvalue weighted by Gasteiger charge is 2.36. The van der Waals surface area contributed by atoms with E-state index in [2.05, 4.69) is 0 Å². The van der Waals surface area contributed by atoms with E-state index < -0.39 is 17.1 Å². The number of benzene rings is 3. The fourth-order valence-corrected chi connectivity index (χ4v) is 4.88. The Morgan fingerprint density at radius 2 is 1.86 bits per heavy atom. The van der Waals surface area contributed by atoms with Crippen LogP contribution in [0.3, 0.4) is 0 Å². The zero-order valence-corrected chi connectivity index (χ0v) is 21.4. The molecule has 2 amide bonds. The molecule has 1 fully saturated rings. The molecule has 0 unspecified atom stereocenters.